The second-order valence-corrected chi connectivity index (χ2v) is 8.70. The van der Waals surface area contributed by atoms with Gasteiger partial charge in [-0.2, -0.15) is 0 Å². The van der Waals surface area contributed by atoms with Gasteiger partial charge in [0.05, 0.1) is 3.79 Å². The summed E-state index contributed by atoms with van der Waals surface area (Å²) < 4.78 is 28.0. The smallest absolute Gasteiger partial charge is 0.207 e. The molecule has 0 amide bonds. The fourth-order valence-electron chi connectivity index (χ4n) is 2.03. The molecule has 0 aromatic carbocycles. The molecule has 1 heterocycles. The van der Waals surface area contributed by atoms with Crippen LogP contribution in [0.1, 0.15) is 26.2 Å². The van der Waals surface area contributed by atoms with Crippen LogP contribution in [0.4, 0.5) is 0 Å². The van der Waals surface area contributed by atoms with Gasteiger partial charge in [-0.25, -0.2) is 13.1 Å². The zero-order valence-electron chi connectivity index (χ0n) is 8.94. The SMILES string of the molecule is CC1CCC(NS(=O)(=O)c2ccc(Br)s2)C1. The highest BCUT2D eigenvalue weighted by Gasteiger charge is 2.27. The van der Waals surface area contributed by atoms with Crippen LogP contribution in [0.3, 0.4) is 0 Å². The first kappa shape index (κ1) is 12.5. The Morgan fingerprint density at radius 3 is 2.69 bits per heavy atom. The van der Waals surface area contributed by atoms with E-state index in [-0.39, 0.29) is 6.04 Å². The van der Waals surface area contributed by atoms with Gasteiger partial charge in [0.2, 0.25) is 10.0 Å². The topological polar surface area (TPSA) is 46.2 Å². The summed E-state index contributed by atoms with van der Waals surface area (Å²) in [5.41, 5.74) is 0. The molecule has 16 heavy (non-hydrogen) atoms. The Hall–Kier alpha value is 0.0900. The second kappa shape index (κ2) is 4.76. The van der Waals surface area contributed by atoms with Crippen LogP contribution in [-0.2, 0) is 10.0 Å². The first-order chi connectivity index (χ1) is 7.47. The van der Waals surface area contributed by atoms with Gasteiger partial charge in [-0.3, -0.25) is 0 Å². The molecule has 1 aliphatic rings. The Morgan fingerprint density at radius 2 is 2.19 bits per heavy atom. The first-order valence-electron chi connectivity index (χ1n) is 5.25. The molecule has 1 aromatic heterocycles. The zero-order chi connectivity index (χ0) is 11.8. The summed E-state index contributed by atoms with van der Waals surface area (Å²) in [4.78, 5) is 0. The highest BCUT2D eigenvalue weighted by Crippen LogP contribution is 2.29. The molecule has 2 rings (SSSR count). The predicted molar refractivity (Wildman–Crippen MR) is 69.1 cm³/mol. The molecule has 0 aliphatic heterocycles. The van der Waals surface area contributed by atoms with Crippen molar-refractivity contribution in [1.29, 1.82) is 0 Å². The quantitative estimate of drug-likeness (QED) is 0.929. The van der Waals surface area contributed by atoms with Crippen molar-refractivity contribution < 1.29 is 8.42 Å². The van der Waals surface area contributed by atoms with E-state index in [4.69, 9.17) is 0 Å². The highest BCUT2D eigenvalue weighted by atomic mass is 79.9. The Kier molecular flexibility index (Phi) is 3.73. The van der Waals surface area contributed by atoms with Gasteiger partial charge in [0.1, 0.15) is 4.21 Å². The van der Waals surface area contributed by atoms with Crippen molar-refractivity contribution in [2.75, 3.05) is 0 Å². The minimum Gasteiger partial charge on any atom is -0.207 e. The lowest BCUT2D eigenvalue weighted by Gasteiger charge is -2.11. The van der Waals surface area contributed by atoms with E-state index in [1.807, 2.05) is 0 Å². The van der Waals surface area contributed by atoms with Gasteiger partial charge in [0, 0.05) is 6.04 Å². The molecule has 6 heteroatoms. The Labute approximate surface area is 108 Å². The molecule has 2 atom stereocenters. The Morgan fingerprint density at radius 1 is 1.44 bits per heavy atom. The maximum atomic E-state index is 12.0. The molecule has 1 aliphatic carbocycles. The molecule has 90 valence electrons. The molecular weight excluding hydrogens is 310 g/mol. The van der Waals surface area contributed by atoms with E-state index in [1.54, 1.807) is 12.1 Å². The van der Waals surface area contributed by atoms with E-state index in [0.717, 1.165) is 23.0 Å². The van der Waals surface area contributed by atoms with Crippen molar-refractivity contribution in [3.63, 3.8) is 0 Å². The third-order valence-corrected chi connectivity index (χ3v) is 6.47. The van der Waals surface area contributed by atoms with E-state index in [2.05, 4.69) is 27.6 Å². The number of thiophene rings is 1. The van der Waals surface area contributed by atoms with Crippen molar-refractivity contribution in [3.8, 4) is 0 Å². The summed E-state index contributed by atoms with van der Waals surface area (Å²) in [6.45, 7) is 2.16. The summed E-state index contributed by atoms with van der Waals surface area (Å²) in [5, 5.41) is 0. The van der Waals surface area contributed by atoms with Crippen molar-refractivity contribution in [2.45, 2.75) is 36.4 Å². The van der Waals surface area contributed by atoms with Crippen LogP contribution < -0.4 is 4.72 Å². The van der Waals surface area contributed by atoms with Gasteiger partial charge in [0.25, 0.3) is 0 Å². The van der Waals surface area contributed by atoms with Crippen molar-refractivity contribution in [2.24, 2.45) is 5.92 Å². The van der Waals surface area contributed by atoms with Crippen molar-refractivity contribution >= 4 is 37.3 Å². The predicted octanol–water partition coefficient (Wildman–Crippen LogP) is 2.98. The molecule has 1 fully saturated rings. The van der Waals surface area contributed by atoms with Crippen molar-refractivity contribution in [3.05, 3.63) is 15.9 Å². The summed E-state index contributed by atoms with van der Waals surface area (Å²) in [6, 6.07) is 3.51. The number of halogens is 1. The van der Waals surface area contributed by atoms with E-state index in [0.29, 0.717) is 10.1 Å². The monoisotopic (exact) mass is 323 g/mol. The normalized spacial score (nSPS) is 26.1. The standard InChI is InChI=1S/C10H14BrNO2S2/c1-7-2-3-8(6-7)12-16(13,14)10-5-4-9(11)15-10/h4-5,7-8,12H,2-3,6H2,1H3. The molecule has 1 saturated carbocycles. The molecule has 0 bridgehead atoms. The Bertz CT molecular complexity index is 469. The maximum Gasteiger partial charge on any atom is 0.250 e. The highest BCUT2D eigenvalue weighted by molar-refractivity contribution is 9.11. The number of hydrogen-bond donors (Lipinski definition) is 1. The fourth-order valence-corrected chi connectivity index (χ4v) is 5.34. The van der Waals surface area contributed by atoms with Gasteiger partial charge in [0.15, 0.2) is 0 Å². The second-order valence-electron chi connectivity index (χ2n) is 4.29. The summed E-state index contributed by atoms with van der Waals surface area (Å²) in [6.07, 6.45) is 3.01. The van der Waals surface area contributed by atoms with Crippen LogP contribution in [0.15, 0.2) is 20.1 Å². The van der Waals surface area contributed by atoms with Gasteiger partial charge >= 0.3 is 0 Å². The molecule has 0 saturated heterocycles. The number of nitrogens with one attached hydrogen (secondary N) is 1. The van der Waals surface area contributed by atoms with Crippen LogP contribution in [0.5, 0.6) is 0 Å². The molecule has 2 unspecified atom stereocenters. The van der Waals surface area contributed by atoms with Crippen LogP contribution in [-0.4, -0.2) is 14.5 Å². The summed E-state index contributed by atoms with van der Waals surface area (Å²) in [7, 11) is -3.31. The van der Waals surface area contributed by atoms with Gasteiger partial charge in [-0.15, -0.1) is 11.3 Å². The van der Waals surface area contributed by atoms with Crippen LogP contribution in [0.2, 0.25) is 0 Å². The van der Waals surface area contributed by atoms with E-state index in [9.17, 15) is 8.42 Å². The van der Waals surface area contributed by atoms with Gasteiger partial charge in [-0.05, 0) is 53.2 Å². The minimum absolute atomic E-state index is 0.112. The maximum absolute atomic E-state index is 12.0. The Balaban J connectivity index is 2.09. The average Bonchev–Trinajstić information content (AvgIpc) is 2.75. The molecule has 1 aromatic rings. The lowest BCUT2D eigenvalue weighted by Crippen LogP contribution is -2.32. The van der Waals surface area contributed by atoms with Gasteiger partial charge < -0.3 is 0 Å². The molecule has 0 spiro atoms. The summed E-state index contributed by atoms with van der Waals surface area (Å²) >= 11 is 4.52. The van der Waals surface area contributed by atoms with Crippen LogP contribution in [0, 0.1) is 5.92 Å². The molecule has 1 N–H and O–H groups in total. The molecular formula is C10H14BrNO2S2. The first-order valence-corrected chi connectivity index (χ1v) is 8.34. The molecule has 3 nitrogen and oxygen atoms in total. The molecule has 0 radical (unpaired) electrons. The number of hydrogen-bond acceptors (Lipinski definition) is 3. The third-order valence-electron chi connectivity index (χ3n) is 2.83. The lowest BCUT2D eigenvalue weighted by atomic mass is 10.1. The third kappa shape index (κ3) is 2.85. The average molecular weight is 324 g/mol. The summed E-state index contributed by atoms with van der Waals surface area (Å²) in [5.74, 6) is 0.628. The largest absolute Gasteiger partial charge is 0.250 e. The van der Waals surface area contributed by atoms with Crippen LogP contribution in [0.25, 0.3) is 0 Å². The lowest BCUT2D eigenvalue weighted by molar-refractivity contribution is 0.540. The fraction of sp³-hybridized carbons (Fsp3) is 0.600. The van der Waals surface area contributed by atoms with E-state index >= 15 is 0 Å². The number of sulfonamides is 1. The zero-order valence-corrected chi connectivity index (χ0v) is 12.2. The minimum atomic E-state index is -3.31. The number of rotatable bonds is 3. The van der Waals surface area contributed by atoms with E-state index < -0.39 is 10.0 Å². The van der Waals surface area contributed by atoms with Crippen molar-refractivity contribution in [1.82, 2.24) is 4.72 Å². The van der Waals surface area contributed by atoms with Gasteiger partial charge in [-0.1, -0.05) is 6.92 Å². The van der Waals surface area contributed by atoms with Crippen LogP contribution >= 0.6 is 27.3 Å². The van der Waals surface area contributed by atoms with E-state index in [1.165, 1.54) is 11.3 Å².